The van der Waals surface area contributed by atoms with Crippen LogP contribution in [-0.4, -0.2) is 38.9 Å². The zero-order valence-corrected chi connectivity index (χ0v) is 15.5. The smallest absolute Gasteiger partial charge is 0.341 e. The number of imidazole rings is 2. The molecule has 1 unspecified atom stereocenters. The molecule has 4 aromatic heterocycles. The van der Waals surface area contributed by atoms with Crippen molar-refractivity contribution >= 4 is 22.8 Å². The molecule has 29 heavy (non-hydrogen) atoms. The van der Waals surface area contributed by atoms with Crippen molar-refractivity contribution in [3.63, 3.8) is 0 Å². The standard InChI is InChI=1S/C19H17N9O/c1-2-13(25-16-14-15(22-10-21-14)23-11-24-16)17-26-18-20-8-9-27(18)19(29)28(17)12-6-4-3-5-7-12/h3-11,13H,2H2,1H3,(H2,21,22,23,24,25). The van der Waals surface area contributed by atoms with Crippen molar-refractivity contribution < 1.29 is 0 Å². The number of nitrogens with one attached hydrogen (secondary N) is 2. The maximum absolute atomic E-state index is 13.2. The molecule has 10 nitrogen and oxygen atoms in total. The maximum Gasteiger partial charge on any atom is 0.341 e. The molecule has 10 heteroatoms. The number of benzene rings is 1. The Kier molecular flexibility index (Phi) is 4.01. The molecule has 0 bridgehead atoms. The summed E-state index contributed by atoms with van der Waals surface area (Å²) in [6, 6.07) is 9.13. The molecule has 0 radical (unpaired) electrons. The van der Waals surface area contributed by atoms with Crippen LogP contribution in [0, 0.1) is 0 Å². The lowest BCUT2D eigenvalue weighted by Gasteiger charge is -2.21. The summed E-state index contributed by atoms with van der Waals surface area (Å²) >= 11 is 0. The molecule has 0 fully saturated rings. The van der Waals surface area contributed by atoms with Crippen molar-refractivity contribution in [2.75, 3.05) is 5.32 Å². The topological polar surface area (TPSA) is 119 Å². The summed E-state index contributed by atoms with van der Waals surface area (Å²) in [5, 5.41) is 3.39. The van der Waals surface area contributed by atoms with E-state index in [2.05, 4.69) is 30.2 Å². The van der Waals surface area contributed by atoms with Gasteiger partial charge < -0.3 is 10.3 Å². The first kappa shape index (κ1) is 17.0. The van der Waals surface area contributed by atoms with Crippen LogP contribution < -0.4 is 11.0 Å². The van der Waals surface area contributed by atoms with Crippen molar-refractivity contribution in [3.8, 4) is 5.69 Å². The Balaban J connectivity index is 1.70. The average molecular weight is 387 g/mol. The van der Waals surface area contributed by atoms with Crippen LogP contribution in [0.3, 0.4) is 0 Å². The monoisotopic (exact) mass is 387 g/mol. The van der Waals surface area contributed by atoms with Crippen molar-refractivity contribution in [3.05, 3.63) is 71.7 Å². The fraction of sp³-hybridized carbons (Fsp3) is 0.158. The number of anilines is 1. The van der Waals surface area contributed by atoms with Gasteiger partial charge in [0.25, 0.3) is 0 Å². The average Bonchev–Trinajstić information content (AvgIpc) is 3.42. The molecule has 1 aromatic carbocycles. The van der Waals surface area contributed by atoms with E-state index < -0.39 is 0 Å². The lowest BCUT2D eigenvalue weighted by Crippen LogP contribution is -2.32. The van der Waals surface area contributed by atoms with Crippen LogP contribution in [0.2, 0.25) is 0 Å². The molecule has 0 spiro atoms. The number of hydrogen-bond donors (Lipinski definition) is 2. The van der Waals surface area contributed by atoms with E-state index >= 15 is 0 Å². The summed E-state index contributed by atoms with van der Waals surface area (Å²) in [5.74, 6) is 1.50. The molecule has 2 N–H and O–H groups in total. The van der Waals surface area contributed by atoms with Gasteiger partial charge in [-0.15, -0.1) is 0 Å². The molecule has 0 saturated carbocycles. The van der Waals surface area contributed by atoms with E-state index in [4.69, 9.17) is 4.98 Å². The molecule has 144 valence electrons. The molecular weight excluding hydrogens is 370 g/mol. The zero-order valence-electron chi connectivity index (χ0n) is 15.5. The minimum absolute atomic E-state index is 0.233. The van der Waals surface area contributed by atoms with Crippen LogP contribution in [0.1, 0.15) is 25.2 Å². The highest BCUT2D eigenvalue weighted by Crippen LogP contribution is 2.24. The first-order valence-corrected chi connectivity index (χ1v) is 9.18. The molecule has 4 heterocycles. The summed E-state index contributed by atoms with van der Waals surface area (Å²) in [7, 11) is 0. The molecule has 1 atom stereocenters. The summed E-state index contributed by atoms with van der Waals surface area (Å²) in [5.41, 5.74) is 1.75. The van der Waals surface area contributed by atoms with Gasteiger partial charge >= 0.3 is 5.69 Å². The van der Waals surface area contributed by atoms with Gasteiger partial charge in [0.15, 0.2) is 11.5 Å². The number of nitrogens with zero attached hydrogens (tertiary/aromatic N) is 7. The van der Waals surface area contributed by atoms with Crippen LogP contribution >= 0.6 is 0 Å². The van der Waals surface area contributed by atoms with Crippen LogP contribution in [0.15, 0.2) is 60.2 Å². The highest BCUT2D eigenvalue weighted by molar-refractivity contribution is 5.82. The third kappa shape index (κ3) is 2.81. The number of para-hydroxylation sites is 1. The van der Waals surface area contributed by atoms with Gasteiger partial charge in [0, 0.05) is 12.4 Å². The summed E-state index contributed by atoms with van der Waals surface area (Å²) < 4.78 is 3.03. The molecule has 5 aromatic rings. The molecule has 5 rings (SSSR count). The normalized spacial score (nSPS) is 12.4. The second kappa shape index (κ2) is 6.82. The number of aromatic nitrogens is 8. The van der Waals surface area contributed by atoms with Crippen LogP contribution in [0.5, 0.6) is 0 Å². The Bertz CT molecular complexity index is 1350. The third-order valence-electron chi connectivity index (χ3n) is 4.73. The van der Waals surface area contributed by atoms with Gasteiger partial charge in [-0.05, 0) is 18.6 Å². The Hall–Kier alpha value is -4.08. The van der Waals surface area contributed by atoms with Crippen molar-refractivity contribution in [1.29, 1.82) is 0 Å². The third-order valence-corrected chi connectivity index (χ3v) is 4.73. The first-order valence-electron chi connectivity index (χ1n) is 9.18. The minimum atomic E-state index is -0.300. The van der Waals surface area contributed by atoms with Gasteiger partial charge in [0.2, 0.25) is 5.78 Å². The van der Waals surface area contributed by atoms with Crippen molar-refractivity contribution in [2.24, 2.45) is 0 Å². The number of H-pyrrole nitrogens is 1. The number of fused-ring (bicyclic) bond motifs is 2. The van der Waals surface area contributed by atoms with Gasteiger partial charge in [0.05, 0.1) is 18.1 Å². The van der Waals surface area contributed by atoms with Gasteiger partial charge in [-0.1, -0.05) is 25.1 Å². The fourth-order valence-electron chi connectivity index (χ4n) is 3.33. The molecule has 0 aliphatic heterocycles. The predicted octanol–water partition coefficient (Wildman–Crippen LogP) is 2.11. The Labute approximate surface area is 164 Å². The van der Waals surface area contributed by atoms with Gasteiger partial charge in [0.1, 0.15) is 17.7 Å². The van der Waals surface area contributed by atoms with E-state index in [0.717, 1.165) is 5.69 Å². The summed E-state index contributed by atoms with van der Waals surface area (Å²) in [6.07, 6.45) is 6.86. The van der Waals surface area contributed by atoms with Crippen molar-refractivity contribution in [2.45, 2.75) is 19.4 Å². The number of aromatic amines is 1. The lowest BCUT2D eigenvalue weighted by atomic mass is 10.2. The van der Waals surface area contributed by atoms with Gasteiger partial charge in [-0.2, -0.15) is 4.98 Å². The molecule has 0 amide bonds. The largest absolute Gasteiger partial charge is 0.358 e. The van der Waals surface area contributed by atoms with E-state index in [9.17, 15) is 4.79 Å². The van der Waals surface area contributed by atoms with E-state index in [0.29, 0.717) is 35.0 Å². The highest BCUT2D eigenvalue weighted by Gasteiger charge is 2.22. The highest BCUT2D eigenvalue weighted by atomic mass is 16.1. The molecule has 0 saturated heterocycles. The molecule has 0 aliphatic rings. The first-order chi connectivity index (χ1) is 14.3. The predicted molar refractivity (Wildman–Crippen MR) is 107 cm³/mol. The molecule has 0 aliphatic carbocycles. The van der Waals surface area contributed by atoms with E-state index in [1.807, 2.05) is 37.3 Å². The minimum Gasteiger partial charge on any atom is -0.358 e. The zero-order chi connectivity index (χ0) is 19.8. The van der Waals surface area contributed by atoms with Crippen LogP contribution in [0.4, 0.5) is 5.82 Å². The van der Waals surface area contributed by atoms with Crippen LogP contribution in [0.25, 0.3) is 22.6 Å². The fourth-order valence-corrected chi connectivity index (χ4v) is 3.33. The summed E-state index contributed by atoms with van der Waals surface area (Å²) in [6.45, 7) is 2.01. The SMILES string of the molecule is CCC(Nc1ncnc2nc[nH]c12)c1nc2nccn2c(=O)n1-c1ccccc1. The maximum atomic E-state index is 13.2. The van der Waals surface area contributed by atoms with E-state index in [-0.39, 0.29) is 11.7 Å². The van der Waals surface area contributed by atoms with Gasteiger partial charge in [-0.25, -0.2) is 33.7 Å². The second-order valence-electron chi connectivity index (χ2n) is 6.45. The molecular formula is C19H17N9O. The van der Waals surface area contributed by atoms with Crippen molar-refractivity contribution in [1.82, 2.24) is 38.9 Å². The van der Waals surface area contributed by atoms with E-state index in [1.54, 1.807) is 23.3 Å². The Morgan fingerprint density at radius 1 is 1.14 bits per heavy atom. The van der Waals surface area contributed by atoms with Crippen LogP contribution in [-0.2, 0) is 0 Å². The van der Waals surface area contributed by atoms with Gasteiger partial charge in [-0.3, -0.25) is 0 Å². The summed E-state index contributed by atoms with van der Waals surface area (Å²) in [4.78, 5) is 37.8. The number of rotatable bonds is 5. The lowest BCUT2D eigenvalue weighted by molar-refractivity contribution is 0.637. The number of hydrogen-bond acceptors (Lipinski definition) is 7. The Morgan fingerprint density at radius 3 is 2.83 bits per heavy atom. The van der Waals surface area contributed by atoms with E-state index in [1.165, 1.54) is 10.7 Å². The Morgan fingerprint density at radius 2 is 2.00 bits per heavy atom. The quantitative estimate of drug-likeness (QED) is 0.474. The second-order valence-corrected chi connectivity index (χ2v) is 6.45.